The molecule has 0 spiro atoms. The van der Waals surface area contributed by atoms with Crippen molar-refractivity contribution in [2.24, 2.45) is 0 Å². The molecule has 1 rings (SSSR count). The summed E-state index contributed by atoms with van der Waals surface area (Å²) in [5.41, 5.74) is 2.06. The standard InChI is InChI=1S/C29H49NO4.C2H6/c1-4-5-6-7-8-9-10-11-12-13-14-15-16-17-18-19-29(32)34-24-28(31)30-23-26-22-27(33-3)21-20-25(26)2;1-2/h20-22H,4-19,23-24H2,1-3H3,(H,30,31);1-2H3. The van der Waals surface area contributed by atoms with E-state index in [0.717, 1.165) is 29.7 Å². The summed E-state index contributed by atoms with van der Waals surface area (Å²) < 4.78 is 10.3. The Kier molecular flexibility index (Phi) is 23.2. The maximum Gasteiger partial charge on any atom is 0.306 e. The van der Waals surface area contributed by atoms with E-state index in [9.17, 15) is 9.59 Å². The third-order valence-corrected chi connectivity index (χ3v) is 6.38. The van der Waals surface area contributed by atoms with Gasteiger partial charge in [-0.05, 0) is 36.6 Å². The van der Waals surface area contributed by atoms with Crippen LogP contribution in [-0.2, 0) is 20.9 Å². The summed E-state index contributed by atoms with van der Waals surface area (Å²) >= 11 is 0. The van der Waals surface area contributed by atoms with E-state index < -0.39 is 0 Å². The average Bonchev–Trinajstić information content (AvgIpc) is 2.90. The summed E-state index contributed by atoms with van der Waals surface area (Å²) in [6.07, 6.45) is 19.8. The Morgan fingerprint density at radius 3 is 1.78 bits per heavy atom. The highest BCUT2D eigenvalue weighted by atomic mass is 16.5. The fourth-order valence-corrected chi connectivity index (χ4v) is 4.07. The van der Waals surface area contributed by atoms with Crippen LogP contribution in [0.5, 0.6) is 5.75 Å². The molecule has 0 saturated carbocycles. The molecule has 0 atom stereocenters. The molecule has 208 valence electrons. The molecule has 0 fully saturated rings. The molecule has 0 aliphatic carbocycles. The molecule has 0 unspecified atom stereocenters. The van der Waals surface area contributed by atoms with Gasteiger partial charge in [0.15, 0.2) is 6.61 Å². The summed E-state index contributed by atoms with van der Waals surface area (Å²) in [6.45, 7) is 8.42. The Labute approximate surface area is 222 Å². The molecule has 36 heavy (non-hydrogen) atoms. The second-order valence-electron chi connectivity index (χ2n) is 9.43. The van der Waals surface area contributed by atoms with Gasteiger partial charge in [-0.3, -0.25) is 9.59 Å². The molecule has 1 amide bonds. The molecule has 1 aromatic carbocycles. The monoisotopic (exact) mass is 505 g/mol. The number of amides is 1. The fraction of sp³-hybridized carbons (Fsp3) is 0.742. The van der Waals surface area contributed by atoms with E-state index in [2.05, 4.69) is 12.2 Å². The number of unbranched alkanes of at least 4 members (excludes halogenated alkanes) is 14. The predicted molar refractivity (Wildman–Crippen MR) is 151 cm³/mol. The van der Waals surface area contributed by atoms with Gasteiger partial charge in [0.25, 0.3) is 5.91 Å². The predicted octanol–water partition coefficient (Wildman–Crippen LogP) is 8.45. The number of methoxy groups -OCH3 is 1. The summed E-state index contributed by atoms with van der Waals surface area (Å²) in [7, 11) is 1.62. The Morgan fingerprint density at radius 2 is 1.28 bits per heavy atom. The van der Waals surface area contributed by atoms with Crippen molar-refractivity contribution in [2.45, 2.75) is 137 Å². The second kappa shape index (κ2) is 24.6. The van der Waals surface area contributed by atoms with Gasteiger partial charge in [0.2, 0.25) is 0 Å². The fourth-order valence-electron chi connectivity index (χ4n) is 4.07. The van der Waals surface area contributed by atoms with Crippen molar-refractivity contribution in [1.29, 1.82) is 0 Å². The second-order valence-corrected chi connectivity index (χ2v) is 9.43. The van der Waals surface area contributed by atoms with Crippen LogP contribution < -0.4 is 10.1 Å². The lowest BCUT2D eigenvalue weighted by atomic mass is 10.0. The number of benzene rings is 1. The topological polar surface area (TPSA) is 64.6 Å². The zero-order valence-corrected chi connectivity index (χ0v) is 24.1. The van der Waals surface area contributed by atoms with Crippen LogP contribution in [-0.4, -0.2) is 25.6 Å². The first-order chi connectivity index (χ1) is 17.6. The molecule has 0 aliphatic rings. The van der Waals surface area contributed by atoms with Gasteiger partial charge in [-0.1, -0.05) is 117 Å². The van der Waals surface area contributed by atoms with E-state index in [4.69, 9.17) is 9.47 Å². The minimum atomic E-state index is -0.289. The van der Waals surface area contributed by atoms with Crippen molar-refractivity contribution >= 4 is 11.9 Å². The van der Waals surface area contributed by atoms with Crippen LogP contribution in [0.1, 0.15) is 135 Å². The molecule has 5 heteroatoms. The molecule has 0 heterocycles. The van der Waals surface area contributed by atoms with E-state index in [-0.39, 0.29) is 18.5 Å². The van der Waals surface area contributed by atoms with Gasteiger partial charge < -0.3 is 14.8 Å². The minimum Gasteiger partial charge on any atom is -0.497 e. The van der Waals surface area contributed by atoms with Crippen molar-refractivity contribution < 1.29 is 19.1 Å². The zero-order valence-electron chi connectivity index (χ0n) is 24.1. The smallest absolute Gasteiger partial charge is 0.306 e. The maximum absolute atomic E-state index is 12.0. The lowest BCUT2D eigenvalue weighted by molar-refractivity contribution is -0.148. The minimum absolute atomic E-state index is 0.222. The molecule has 1 N–H and O–H groups in total. The van der Waals surface area contributed by atoms with Crippen molar-refractivity contribution in [1.82, 2.24) is 5.32 Å². The molecule has 1 aromatic rings. The third kappa shape index (κ3) is 19.2. The number of aryl methyl sites for hydroxylation is 1. The molecular formula is C31H55NO4. The summed E-state index contributed by atoms with van der Waals surface area (Å²) in [5, 5.41) is 2.80. The highest BCUT2D eigenvalue weighted by Crippen LogP contribution is 2.17. The maximum atomic E-state index is 12.0. The first kappa shape index (κ1) is 34.0. The van der Waals surface area contributed by atoms with Gasteiger partial charge in [0.1, 0.15) is 5.75 Å². The van der Waals surface area contributed by atoms with Crippen LogP contribution in [0.2, 0.25) is 0 Å². The number of rotatable bonds is 21. The Morgan fingerprint density at radius 1 is 0.778 bits per heavy atom. The van der Waals surface area contributed by atoms with Crippen LogP contribution in [0.3, 0.4) is 0 Å². The number of ether oxygens (including phenoxy) is 2. The summed E-state index contributed by atoms with van der Waals surface area (Å²) in [5.74, 6) is 0.180. The van der Waals surface area contributed by atoms with E-state index >= 15 is 0 Å². The number of nitrogens with one attached hydrogen (secondary N) is 1. The first-order valence-corrected chi connectivity index (χ1v) is 14.6. The quantitative estimate of drug-likeness (QED) is 0.134. The molecule has 0 bridgehead atoms. The lowest BCUT2D eigenvalue weighted by Gasteiger charge is -2.10. The van der Waals surface area contributed by atoms with Gasteiger partial charge in [-0.15, -0.1) is 0 Å². The van der Waals surface area contributed by atoms with Crippen molar-refractivity contribution in [3.05, 3.63) is 29.3 Å². The lowest BCUT2D eigenvalue weighted by Crippen LogP contribution is -2.28. The summed E-state index contributed by atoms with van der Waals surface area (Å²) in [6, 6.07) is 5.75. The van der Waals surface area contributed by atoms with Crippen LogP contribution in [0.15, 0.2) is 18.2 Å². The number of esters is 1. The van der Waals surface area contributed by atoms with Crippen molar-refractivity contribution in [2.75, 3.05) is 13.7 Å². The third-order valence-electron chi connectivity index (χ3n) is 6.38. The molecular weight excluding hydrogens is 450 g/mol. The SMILES string of the molecule is CC.CCCCCCCCCCCCCCCCCC(=O)OCC(=O)NCc1cc(OC)ccc1C. The number of hydrogen-bond donors (Lipinski definition) is 1. The molecule has 0 radical (unpaired) electrons. The van der Waals surface area contributed by atoms with Crippen molar-refractivity contribution in [3.63, 3.8) is 0 Å². The van der Waals surface area contributed by atoms with Crippen LogP contribution in [0, 0.1) is 6.92 Å². The molecule has 0 aromatic heterocycles. The van der Waals surface area contributed by atoms with Gasteiger partial charge in [-0.2, -0.15) is 0 Å². The van der Waals surface area contributed by atoms with Crippen molar-refractivity contribution in [3.8, 4) is 5.75 Å². The highest BCUT2D eigenvalue weighted by molar-refractivity contribution is 5.80. The van der Waals surface area contributed by atoms with Crippen LogP contribution in [0.25, 0.3) is 0 Å². The van der Waals surface area contributed by atoms with E-state index in [1.54, 1.807) is 7.11 Å². The molecule has 5 nitrogen and oxygen atoms in total. The molecule has 0 aliphatic heterocycles. The first-order valence-electron chi connectivity index (χ1n) is 14.6. The average molecular weight is 506 g/mol. The number of carbonyl (C=O) groups excluding carboxylic acids is 2. The Balaban J connectivity index is 0.00000596. The van der Waals surface area contributed by atoms with Gasteiger partial charge in [-0.25, -0.2) is 0 Å². The number of carbonyl (C=O) groups is 2. The van der Waals surface area contributed by atoms with E-state index in [1.807, 2.05) is 39.0 Å². The summed E-state index contributed by atoms with van der Waals surface area (Å²) in [4.78, 5) is 23.9. The highest BCUT2D eigenvalue weighted by Gasteiger charge is 2.08. The van der Waals surface area contributed by atoms with Crippen LogP contribution >= 0.6 is 0 Å². The van der Waals surface area contributed by atoms with Crippen LogP contribution in [0.4, 0.5) is 0 Å². The Bertz CT molecular complexity index is 675. The normalized spacial score (nSPS) is 10.4. The van der Waals surface area contributed by atoms with E-state index in [1.165, 1.54) is 83.5 Å². The molecule has 0 saturated heterocycles. The van der Waals surface area contributed by atoms with Gasteiger partial charge in [0, 0.05) is 13.0 Å². The zero-order chi connectivity index (χ0) is 26.9. The van der Waals surface area contributed by atoms with Gasteiger partial charge in [0.05, 0.1) is 7.11 Å². The Hall–Kier alpha value is -2.04. The van der Waals surface area contributed by atoms with Gasteiger partial charge >= 0.3 is 5.97 Å². The largest absolute Gasteiger partial charge is 0.497 e. The number of hydrogen-bond acceptors (Lipinski definition) is 4. The van der Waals surface area contributed by atoms with E-state index in [0.29, 0.717) is 13.0 Å².